The van der Waals surface area contributed by atoms with Crippen LogP contribution in [0.4, 0.5) is 4.39 Å². The maximum Gasteiger partial charge on any atom is 0.272 e. The standard InChI is InChI=1S/C27H22FN3O4/c1-2-12-35-22-11-10-21(29-16-22)15-24-27(34)30-23(26(33)31-24)14-17-4-3-5-19(13-17)25(32)18-6-8-20(28)9-7-18/h3-11,13-16H,2,12H2,1H3,(H,30,34)(H,31,33). The first-order valence-electron chi connectivity index (χ1n) is 11.0. The lowest BCUT2D eigenvalue weighted by atomic mass is 10.0. The van der Waals surface area contributed by atoms with Gasteiger partial charge in [-0.1, -0.05) is 25.1 Å². The molecule has 0 amide bonds. The SMILES string of the molecule is CCCOc1ccc(C=c2[nH]c(=O)c(=Cc3cccc(C(=O)c4ccc(F)cc4)c3)[nH]c2=O)nc1. The molecule has 8 heteroatoms. The highest BCUT2D eigenvalue weighted by Gasteiger charge is 2.09. The number of ketones is 1. The van der Waals surface area contributed by atoms with Gasteiger partial charge in [0.15, 0.2) is 5.78 Å². The molecule has 0 unspecified atom stereocenters. The second kappa shape index (κ2) is 10.6. The van der Waals surface area contributed by atoms with Crippen LogP contribution in [0.1, 0.15) is 40.5 Å². The van der Waals surface area contributed by atoms with Crippen molar-refractivity contribution in [3.05, 3.63) is 126 Å². The summed E-state index contributed by atoms with van der Waals surface area (Å²) in [5.74, 6) is -0.0935. The van der Waals surface area contributed by atoms with Gasteiger partial charge in [0, 0.05) is 11.1 Å². The van der Waals surface area contributed by atoms with Gasteiger partial charge in [-0.3, -0.25) is 19.4 Å². The number of nitrogens with one attached hydrogen (secondary N) is 2. The van der Waals surface area contributed by atoms with Crippen LogP contribution < -0.4 is 26.6 Å². The minimum atomic E-state index is -0.506. The number of H-pyrrole nitrogens is 2. The third-order valence-corrected chi connectivity index (χ3v) is 5.08. The second-order valence-corrected chi connectivity index (χ2v) is 7.75. The van der Waals surface area contributed by atoms with E-state index in [1.54, 1.807) is 42.6 Å². The molecule has 0 aliphatic heterocycles. The molecule has 0 saturated carbocycles. The van der Waals surface area contributed by atoms with Gasteiger partial charge in [0.05, 0.1) is 18.5 Å². The van der Waals surface area contributed by atoms with Crippen molar-refractivity contribution < 1.29 is 13.9 Å². The topological polar surface area (TPSA) is 105 Å². The number of rotatable bonds is 7. The van der Waals surface area contributed by atoms with Crippen molar-refractivity contribution >= 4 is 17.9 Å². The fourth-order valence-corrected chi connectivity index (χ4v) is 3.33. The van der Waals surface area contributed by atoms with Crippen LogP contribution in [0.25, 0.3) is 12.2 Å². The molecule has 0 aliphatic rings. The number of benzene rings is 2. The number of nitrogens with zero attached hydrogens (tertiary/aromatic N) is 1. The van der Waals surface area contributed by atoms with E-state index in [1.165, 1.54) is 36.4 Å². The van der Waals surface area contributed by atoms with Crippen molar-refractivity contribution in [2.24, 2.45) is 0 Å². The third kappa shape index (κ3) is 5.86. The summed E-state index contributed by atoms with van der Waals surface area (Å²) >= 11 is 0. The van der Waals surface area contributed by atoms with Crippen molar-refractivity contribution in [3.8, 4) is 5.75 Å². The van der Waals surface area contributed by atoms with Gasteiger partial charge in [-0.25, -0.2) is 4.39 Å². The first-order chi connectivity index (χ1) is 16.9. The summed E-state index contributed by atoms with van der Waals surface area (Å²) in [4.78, 5) is 47.2. The first kappa shape index (κ1) is 23.6. The number of aromatic nitrogens is 3. The van der Waals surface area contributed by atoms with Crippen LogP contribution in [0.3, 0.4) is 0 Å². The van der Waals surface area contributed by atoms with E-state index in [4.69, 9.17) is 4.74 Å². The Morgan fingerprint density at radius 1 is 0.943 bits per heavy atom. The lowest BCUT2D eigenvalue weighted by Gasteiger charge is -2.03. The molecule has 0 atom stereocenters. The molecule has 0 aliphatic carbocycles. The normalized spacial score (nSPS) is 12.1. The second-order valence-electron chi connectivity index (χ2n) is 7.75. The van der Waals surface area contributed by atoms with E-state index in [9.17, 15) is 18.8 Å². The molecule has 0 spiro atoms. The van der Waals surface area contributed by atoms with Crippen LogP contribution in [0.5, 0.6) is 5.75 Å². The van der Waals surface area contributed by atoms with Gasteiger partial charge in [0.2, 0.25) is 0 Å². The Morgan fingerprint density at radius 2 is 1.66 bits per heavy atom. The summed E-state index contributed by atoms with van der Waals surface area (Å²) in [6.45, 7) is 2.59. The molecule has 0 saturated heterocycles. The van der Waals surface area contributed by atoms with Crippen molar-refractivity contribution in [1.82, 2.24) is 15.0 Å². The Bertz CT molecular complexity index is 1590. The number of ether oxygens (including phenoxy) is 1. The van der Waals surface area contributed by atoms with Gasteiger partial charge in [-0.15, -0.1) is 0 Å². The molecule has 176 valence electrons. The van der Waals surface area contributed by atoms with Gasteiger partial charge in [0.1, 0.15) is 22.3 Å². The molecule has 0 bridgehead atoms. The first-order valence-corrected chi connectivity index (χ1v) is 11.0. The van der Waals surface area contributed by atoms with Gasteiger partial charge in [-0.05, 0) is 66.6 Å². The maximum absolute atomic E-state index is 13.1. The average molecular weight is 471 g/mol. The smallest absolute Gasteiger partial charge is 0.272 e. The lowest BCUT2D eigenvalue weighted by Crippen LogP contribution is -2.46. The number of carbonyl (C=O) groups excluding carboxylic acids is 1. The number of carbonyl (C=O) groups is 1. The van der Waals surface area contributed by atoms with Crippen molar-refractivity contribution in [2.75, 3.05) is 6.61 Å². The van der Waals surface area contributed by atoms with Crippen LogP contribution in [-0.2, 0) is 0 Å². The minimum absolute atomic E-state index is 0.0369. The fourth-order valence-electron chi connectivity index (χ4n) is 3.33. The molecule has 7 nitrogen and oxygen atoms in total. The molecule has 2 N–H and O–H groups in total. The Kier molecular flexibility index (Phi) is 7.11. The highest BCUT2D eigenvalue weighted by Crippen LogP contribution is 2.13. The zero-order valence-electron chi connectivity index (χ0n) is 18.9. The average Bonchev–Trinajstić information content (AvgIpc) is 2.87. The molecule has 2 aromatic heterocycles. The summed E-state index contributed by atoms with van der Waals surface area (Å²) in [7, 11) is 0. The predicted molar refractivity (Wildman–Crippen MR) is 130 cm³/mol. The molecule has 4 rings (SSSR count). The highest BCUT2D eigenvalue weighted by molar-refractivity contribution is 6.09. The Balaban J connectivity index is 1.63. The van der Waals surface area contributed by atoms with Crippen molar-refractivity contribution in [2.45, 2.75) is 13.3 Å². The Morgan fingerprint density at radius 3 is 2.31 bits per heavy atom. The van der Waals surface area contributed by atoms with Crippen molar-refractivity contribution in [1.29, 1.82) is 0 Å². The molecule has 35 heavy (non-hydrogen) atoms. The largest absolute Gasteiger partial charge is 0.492 e. The summed E-state index contributed by atoms with van der Waals surface area (Å²) in [5.41, 5.74) is 0.732. The summed E-state index contributed by atoms with van der Waals surface area (Å²) in [5, 5.41) is 0.0944. The lowest BCUT2D eigenvalue weighted by molar-refractivity contribution is 0.103. The van der Waals surface area contributed by atoms with E-state index in [2.05, 4.69) is 15.0 Å². The monoisotopic (exact) mass is 471 g/mol. The number of halogens is 1. The maximum atomic E-state index is 13.1. The van der Waals surface area contributed by atoms with E-state index < -0.39 is 16.9 Å². The van der Waals surface area contributed by atoms with Gasteiger partial charge >= 0.3 is 0 Å². The number of hydrogen-bond acceptors (Lipinski definition) is 5. The molecule has 2 heterocycles. The van der Waals surface area contributed by atoms with Crippen molar-refractivity contribution in [3.63, 3.8) is 0 Å². The van der Waals surface area contributed by atoms with Crippen LogP contribution >= 0.6 is 0 Å². The minimum Gasteiger partial charge on any atom is -0.492 e. The Hall–Kier alpha value is -4.59. The molecule has 0 radical (unpaired) electrons. The predicted octanol–water partition coefficient (Wildman–Crippen LogP) is 2.27. The van der Waals surface area contributed by atoms with E-state index in [1.807, 2.05) is 6.92 Å². The van der Waals surface area contributed by atoms with Gasteiger partial charge in [-0.2, -0.15) is 0 Å². The van der Waals surface area contributed by atoms with Gasteiger partial charge < -0.3 is 14.7 Å². The number of aromatic amines is 2. The molecule has 0 fully saturated rings. The van der Waals surface area contributed by atoms with E-state index in [-0.39, 0.29) is 16.5 Å². The summed E-state index contributed by atoms with van der Waals surface area (Å²) in [6.07, 6.45) is 5.37. The fraction of sp³-hybridized carbons (Fsp3) is 0.111. The zero-order valence-corrected chi connectivity index (χ0v) is 18.9. The van der Waals surface area contributed by atoms with E-state index >= 15 is 0 Å². The van der Waals surface area contributed by atoms with Crippen LogP contribution in [0.2, 0.25) is 0 Å². The van der Waals surface area contributed by atoms with Crippen LogP contribution in [0.15, 0.2) is 76.4 Å². The highest BCUT2D eigenvalue weighted by atomic mass is 19.1. The zero-order chi connectivity index (χ0) is 24.8. The number of pyridine rings is 1. The third-order valence-electron chi connectivity index (χ3n) is 5.08. The molecule has 4 aromatic rings. The molecular formula is C27H22FN3O4. The van der Waals surface area contributed by atoms with Gasteiger partial charge in [0.25, 0.3) is 11.1 Å². The summed E-state index contributed by atoms with van der Waals surface area (Å²) < 4.78 is 18.6. The van der Waals surface area contributed by atoms with Crippen LogP contribution in [0, 0.1) is 5.82 Å². The van der Waals surface area contributed by atoms with E-state index in [0.717, 1.165) is 6.42 Å². The molecule has 2 aromatic carbocycles. The van der Waals surface area contributed by atoms with Crippen LogP contribution in [-0.4, -0.2) is 27.3 Å². The molecular weight excluding hydrogens is 449 g/mol. The summed E-state index contributed by atoms with van der Waals surface area (Å²) in [6, 6.07) is 15.3. The number of hydrogen-bond donors (Lipinski definition) is 2. The quantitative estimate of drug-likeness (QED) is 0.403. The Labute approximate surface area is 199 Å². The van der Waals surface area contributed by atoms with E-state index in [0.29, 0.717) is 34.7 Å².